The monoisotopic (exact) mass is 494 g/mol. The van der Waals surface area contributed by atoms with Crippen molar-refractivity contribution in [1.29, 1.82) is 0 Å². The smallest absolute Gasteiger partial charge is 0.407 e. The summed E-state index contributed by atoms with van der Waals surface area (Å²) in [5, 5.41) is 9.90. The number of hydrogen-bond donors (Lipinski definition) is 1. The largest absolute Gasteiger partial charge is 0.469 e. The minimum atomic E-state index is -0.881. The van der Waals surface area contributed by atoms with Gasteiger partial charge in [0.1, 0.15) is 10.8 Å². The second-order valence-corrected chi connectivity index (χ2v) is 10.3. The van der Waals surface area contributed by atoms with E-state index < -0.39 is 6.09 Å². The van der Waals surface area contributed by atoms with Crippen LogP contribution in [0, 0.1) is 11.7 Å². The Hall–Kier alpha value is -3.26. The lowest BCUT2D eigenvalue weighted by atomic mass is 9.76. The third kappa shape index (κ3) is 4.67. The molecule has 2 fully saturated rings. The molecule has 1 aliphatic heterocycles. The summed E-state index contributed by atoms with van der Waals surface area (Å²) >= 11 is 1.55. The van der Waals surface area contributed by atoms with Crippen molar-refractivity contribution >= 4 is 23.4 Å². The number of carboxylic acid groups (broad SMARTS) is 1. The number of likely N-dealkylation sites (tertiary alicyclic amines) is 1. The molecule has 1 saturated heterocycles. The van der Waals surface area contributed by atoms with E-state index >= 15 is 0 Å². The zero-order chi connectivity index (χ0) is 24.5. The molecule has 182 valence electrons. The van der Waals surface area contributed by atoms with Gasteiger partial charge in [0.05, 0.1) is 23.6 Å². The van der Waals surface area contributed by atoms with Crippen LogP contribution in [-0.4, -0.2) is 47.3 Å². The number of methoxy groups -OCH3 is 1. The van der Waals surface area contributed by atoms with Gasteiger partial charge in [0.15, 0.2) is 0 Å². The quantitative estimate of drug-likeness (QED) is 0.431. The van der Waals surface area contributed by atoms with Crippen molar-refractivity contribution in [2.24, 2.45) is 5.92 Å². The van der Waals surface area contributed by atoms with Crippen LogP contribution < -0.4 is 0 Å². The second kappa shape index (κ2) is 9.77. The van der Waals surface area contributed by atoms with E-state index in [2.05, 4.69) is 24.3 Å². The summed E-state index contributed by atoms with van der Waals surface area (Å²) in [5.74, 6) is -0.547. The van der Waals surface area contributed by atoms with Crippen LogP contribution in [0.1, 0.15) is 48.8 Å². The number of carbonyl (C=O) groups is 2. The fourth-order valence-corrected chi connectivity index (χ4v) is 6.30. The highest BCUT2D eigenvalue weighted by atomic mass is 32.1. The van der Waals surface area contributed by atoms with Crippen molar-refractivity contribution < 1.29 is 23.8 Å². The maximum Gasteiger partial charge on any atom is 0.407 e. The molecule has 2 aromatic carbocycles. The van der Waals surface area contributed by atoms with Crippen molar-refractivity contribution in [2.75, 3.05) is 20.2 Å². The summed E-state index contributed by atoms with van der Waals surface area (Å²) in [6, 6.07) is 14.5. The second-order valence-electron chi connectivity index (χ2n) is 9.27. The number of benzene rings is 2. The van der Waals surface area contributed by atoms with Gasteiger partial charge in [0, 0.05) is 30.5 Å². The fraction of sp³-hybridized carbons (Fsp3) is 0.370. The third-order valence-electron chi connectivity index (χ3n) is 7.16. The van der Waals surface area contributed by atoms with Crippen molar-refractivity contribution in [2.45, 2.75) is 37.5 Å². The van der Waals surface area contributed by atoms with E-state index in [9.17, 15) is 14.0 Å². The fourth-order valence-electron chi connectivity index (χ4n) is 5.15. The number of aromatic nitrogens is 1. The number of ether oxygens (including phenoxy) is 1. The number of nitrogens with zero attached hydrogens (tertiary/aromatic N) is 2. The molecule has 1 amide bonds. The Bertz CT molecular complexity index is 1220. The maximum atomic E-state index is 13.5. The van der Waals surface area contributed by atoms with Gasteiger partial charge in [-0.1, -0.05) is 37.1 Å². The molecule has 1 N–H and O–H groups in total. The average molecular weight is 495 g/mol. The Kier molecular flexibility index (Phi) is 6.56. The molecule has 2 atom stereocenters. The molecule has 3 aromatic rings. The van der Waals surface area contributed by atoms with Crippen molar-refractivity contribution in [3.63, 3.8) is 0 Å². The third-order valence-corrected chi connectivity index (χ3v) is 8.33. The summed E-state index contributed by atoms with van der Waals surface area (Å²) in [5.41, 5.74) is 3.87. The molecular weight excluding hydrogens is 467 g/mol. The normalized spacial score (nSPS) is 20.3. The Labute approximate surface area is 207 Å². The number of carbonyl (C=O) groups excluding carboxylic acids is 1. The molecule has 0 unspecified atom stereocenters. The van der Waals surface area contributed by atoms with E-state index in [0.29, 0.717) is 13.1 Å². The number of halogens is 1. The van der Waals surface area contributed by atoms with Crippen LogP contribution in [0.25, 0.3) is 21.0 Å². The van der Waals surface area contributed by atoms with Gasteiger partial charge < -0.3 is 14.7 Å². The summed E-state index contributed by atoms with van der Waals surface area (Å²) in [6.07, 6.45) is 2.78. The minimum Gasteiger partial charge on any atom is -0.469 e. The molecule has 2 heterocycles. The van der Waals surface area contributed by atoms with Crippen LogP contribution >= 0.6 is 11.3 Å². The first-order valence-corrected chi connectivity index (χ1v) is 12.7. The molecule has 0 spiro atoms. The summed E-state index contributed by atoms with van der Waals surface area (Å²) in [4.78, 5) is 31.1. The zero-order valence-corrected chi connectivity index (χ0v) is 20.3. The van der Waals surface area contributed by atoms with Gasteiger partial charge in [-0.15, -0.1) is 11.3 Å². The van der Waals surface area contributed by atoms with Crippen molar-refractivity contribution in [3.05, 3.63) is 65.6 Å². The van der Waals surface area contributed by atoms with Gasteiger partial charge in [0.2, 0.25) is 0 Å². The lowest BCUT2D eigenvalue weighted by Crippen LogP contribution is -2.47. The Balaban J connectivity index is 1.51. The molecule has 0 radical (unpaired) electrons. The lowest BCUT2D eigenvalue weighted by Gasteiger charge is -2.37. The molecule has 1 aliphatic carbocycles. The first-order valence-electron chi connectivity index (χ1n) is 11.9. The SMILES string of the molecule is COC(=O)[C@@H]1CCCC[C@H]1c1nc(-c2ccc(F)cc2)sc1-c1ccc(C2CN(C(=O)O)C2)cc1. The van der Waals surface area contributed by atoms with Gasteiger partial charge in [-0.2, -0.15) is 0 Å². The zero-order valence-electron chi connectivity index (χ0n) is 19.4. The topological polar surface area (TPSA) is 79.7 Å². The lowest BCUT2D eigenvalue weighted by molar-refractivity contribution is -0.147. The minimum absolute atomic E-state index is 0.0351. The average Bonchev–Trinajstić information content (AvgIpc) is 3.28. The van der Waals surface area contributed by atoms with E-state index in [0.717, 1.165) is 58.0 Å². The van der Waals surface area contributed by atoms with Crippen LogP contribution in [0.15, 0.2) is 48.5 Å². The van der Waals surface area contributed by atoms with Crippen molar-refractivity contribution in [3.8, 4) is 21.0 Å². The highest BCUT2D eigenvalue weighted by Crippen LogP contribution is 2.46. The standard InChI is InChI=1S/C27H27FN2O4S/c1-34-26(31)22-5-3-2-4-21(22)23-24(35-25(29-23)18-10-12-20(28)13-11-18)17-8-6-16(7-9-17)19-14-30(15-19)27(32)33/h6-13,19,21-22H,2-5,14-15H2,1H3,(H,32,33)/t21-,22-/m1/s1. The van der Waals surface area contributed by atoms with Gasteiger partial charge in [-0.05, 0) is 48.2 Å². The van der Waals surface area contributed by atoms with Gasteiger partial charge >= 0.3 is 12.1 Å². The first kappa shape index (κ1) is 23.5. The Morgan fingerprint density at radius 2 is 1.69 bits per heavy atom. The van der Waals surface area contributed by atoms with Crippen LogP contribution in [0.5, 0.6) is 0 Å². The number of rotatable bonds is 5. The number of esters is 1. The molecule has 5 rings (SSSR count). The highest BCUT2D eigenvalue weighted by Gasteiger charge is 2.36. The molecule has 1 saturated carbocycles. The van der Waals surface area contributed by atoms with E-state index in [1.807, 2.05) is 0 Å². The van der Waals surface area contributed by atoms with Crippen LogP contribution in [0.2, 0.25) is 0 Å². The molecular formula is C27H27FN2O4S. The summed E-state index contributed by atoms with van der Waals surface area (Å²) in [7, 11) is 1.44. The molecule has 2 aliphatic rings. The van der Waals surface area contributed by atoms with Crippen molar-refractivity contribution in [1.82, 2.24) is 9.88 Å². The van der Waals surface area contributed by atoms with E-state index in [-0.39, 0.29) is 29.5 Å². The van der Waals surface area contributed by atoms with Crippen LogP contribution in [0.3, 0.4) is 0 Å². The van der Waals surface area contributed by atoms with Crippen LogP contribution in [0.4, 0.5) is 9.18 Å². The summed E-state index contributed by atoms with van der Waals surface area (Å²) < 4.78 is 18.7. The molecule has 1 aromatic heterocycles. The molecule has 0 bridgehead atoms. The van der Waals surface area contributed by atoms with E-state index in [1.165, 1.54) is 24.1 Å². The molecule has 35 heavy (non-hydrogen) atoms. The Morgan fingerprint density at radius 1 is 1.03 bits per heavy atom. The Morgan fingerprint density at radius 3 is 2.34 bits per heavy atom. The number of amides is 1. The predicted molar refractivity (Wildman–Crippen MR) is 132 cm³/mol. The summed E-state index contributed by atoms with van der Waals surface area (Å²) in [6.45, 7) is 1.02. The van der Waals surface area contributed by atoms with Gasteiger partial charge in [-0.25, -0.2) is 14.2 Å². The van der Waals surface area contributed by atoms with E-state index in [4.69, 9.17) is 14.8 Å². The van der Waals surface area contributed by atoms with Gasteiger partial charge in [-0.3, -0.25) is 4.79 Å². The van der Waals surface area contributed by atoms with Gasteiger partial charge in [0.25, 0.3) is 0 Å². The van der Waals surface area contributed by atoms with Crippen LogP contribution in [-0.2, 0) is 9.53 Å². The predicted octanol–water partition coefficient (Wildman–Crippen LogP) is 6.14. The molecule has 6 nitrogen and oxygen atoms in total. The first-order chi connectivity index (χ1) is 16.9. The highest BCUT2D eigenvalue weighted by molar-refractivity contribution is 7.18. The number of hydrogen-bond acceptors (Lipinski definition) is 5. The molecule has 8 heteroatoms. The maximum absolute atomic E-state index is 13.5. The van der Waals surface area contributed by atoms with E-state index in [1.54, 1.807) is 23.5 Å². The number of thiazole rings is 1.